The van der Waals surface area contributed by atoms with Crippen LogP contribution in [0.3, 0.4) is 0 Å². The van der Waals surface area contributed by atoms with Gasteiger partial charge in [0.15, 0.2) is 0 Å². The minimum absolute atomic E-state index is 0.0393. The largest absolute Gasteiger partial charge is 0.469 e. The highest BCUT2D eigenvalue weighted by Gasteiger charge is 2.30. The predicted octanol–water partition coefficient (Wildman–Crippen LogP) is 4.03. The molecule has 1 aliphatic heterocycles. The van der Waals surface area contributed by atoms with E-state index in [9.17, 15) is 18.0 Å². The summed E-state index contributed by atoms with van der Waals surface area (Å²) in [5.74, 6) is -0.773. The molecule has 0 radical (unpaired) electrons. The standard InChI is InChI=1S/C27H28N2O5S/c1-34-26(30)16-18-28(20-21-9-3-2-4-10-21)27(31)23-12-7-14-24(19-23)35(32,33)29-17-8-13-22-11-5-6-15-25(22)29/h2-7,9-12,14-15,19H,8,13,16-18,20H2,1H3. The van der Waals surface area contributed by atoms with Gasteiger partial charge in [0.2, 0.25) is 0 Å². The van der Waals surface area contributed by atoms with Crippen LogP contribution in [0.1, 0.15) is 34.3 Å². The number of rotatable bonds is 8. The number of sulfonamides is 1. The molecule has 0 fully saturated rings. The van der Waals surface area contributed by atoms with Gasteiger partial charge in [-0.25, -0.2) is 8.42 Å². The Balaban J connectivity index is 1.63. The molecule has 1 amide bonds. The Bertz CT molecular complexity index is 1310. The number of carbonyl (C=O) groups excluding carboxylic acids is 2. The maximum absolute atomic E-state index is 13.6. The fraction of sp³-hybridized carbons (Fsp3) is 0.259. The lowest BCUT2D eigenvalue weighted by atomic mass is 10.0. The van der Waals surface area contributed by atoms with Crippen LogP contribution < -0.4 is 4.31 Å². The van der Waals surface area contributed by atoms with E-state index in [0.29, 0.717) is 12.2 Å². The first-order chi connectivity index (χ1) is 16.9. The highest BCUT2D eigenvalue weighted by atomic mass is 32.2. The Labute approximate surface area is 206 Å². The zero-order chi connectivity index (χ0) is 24.8. The van der Waals surface area contributed by atoms with E-state index < -0.39 is 16.0 Å². The third-order valence-electron chi connectivity index (χ3n) is 6.05. The molecule has 0 bridgehead atoms. The van der Waals surface area contributed by atoms with Crippen LogP contribution in [0.25, 0.3) is 0 Å². The molecule has 3 aromatic carbocycles. The minimum atomic E-state index is -3.86. The summed E-state index contributed by atoms with van der Waals surface area (Å²) in [5, 5.41) is 0. The molecule has 4 rings (SSSR count). The van der Waals surface area contributed by atoms with Crippen molar-refractivity contribution in [3.8, 4) is 0 Å². The van der Waals surface area contributed by atoms with Gasteiger partial charge in [-0.3, -0.25) is 13.9 Å². The molecule has 0 unspecified atom stereocenters. The first-order valence-corrected chi connectivity index (χ1v) is 12.9. The van der Waals surface area contributed by atoms with Crippen molar-refractivity contribution in [1.82, 2.24) is 4.90 Å². The second-order valence-electron chi connectivity index (χ2n) is 8.38. The lowest BCUT2D eigenvalue weighted by Crippen LogP contribution is -2.36. The number of methoxy groups -OCH3 is 1. The van der Waals surface area contributed by atoms with E-state index in [1.807, 2.05) is 54.6 Å². The minimum Gasteiger partial charge on any atom is -0.469 e. The van der Waals surface area contributed by atoms with Crippen molar-refractivity contribution in [2.24, 2.45) is 0 Å². The number of amides is 1. The summed E-state index contributed by atoms with van der Waals surface area (Å²) in [4.78, 5) is 26.8. The van der Waals surface area contributed by atoms with Crippen molar-refractivity contribution >= 4 is 27.6 Å². The van der Waals surface area contributed by atoms with Gasteiger partial charge < -0.3 is 9.64 Å². The van der Waals surface area contributed by atoms with E-state index >= 15 is 0 Å². The van der Waals surface area contributed by atoms with Crippen LogP contribution in [0.4, 0.5) is 5.69 Å². The molecule has 0 aliphatic carbocycles. The van der Waals surface area contributed by atoms with Gasteiger partial charge in [0.25, 0.3) is 15.9 Å². The summed E-state index contributed by atoms with van der Waals surface area (Å²) in [7, 11) is -2.55. The van der Waals surface area contributed by atoms with Crippen LogP contribution in [0.2, 0.25) is 0 Å². The zero-order valence-electron chi connectivity index (χ0n) is 19.6. The topological polar surface area (TPSA) is 84.0 Å². The second-order valence-corrected chi connectivity index (χ2v) is 10.2. The zero-order valence-corrected chi connectivity index (χ0v) is 20.4. The SMILES string of the molecule is COC(=O)CCN(Cc1ccccc1)C(=O)c1cccc(S(=O)(=O)N2CCCc3ccccc32)c1. The summed E-state index contributed by atoms with van der Waals surface area (Å²) in [6, 6.07) is 23.0. The Morgan fingerprint density at radius 3 is 2.49 bits per heavy atom. The maximum atomic E-state index is 13.6. The molecule has 3 aromatic rings. The average Bonchev–Trinajstić information content (AvgIpc) is 2.90. The quantitative estimate of drug-likeness (QED) is 0.443. The normalized spacial score (nSPS) is 13.1. The van der Waals surface area contributed by atoms with Crippen LogP contribution in [0.15, 0.2) is 83.8 Å². The number of anilines is 1. The number of hydrogen-bond donors (Lipinski definition) is 0. The van der Waals surface area contributed by atoms with E-state index in [0.717, 1.165) is 24.0 Å². The van der Waals surface area contributed by atoms with Gasteiger partial charge in [0.1, 0.15) is 0 Å². The van der Waals surface area contributed by atoms with E-state index in [2.05, 4.69) is 0 Å². The van der Waals surface area contributed by atoms with E-state index in [1.54, 1.807) is 12.1 Å². The number of hydrogen-bond acceptors (Lipinski definition) is 5. The van der Waals surface area contributed by atoms with Crippen LogP contribution >= 0.6 is 0 Å². The average molecular weight is 493 g/mol. The molecule has 0 saturated heterocycles. The van der Waals surface area contributed by atoms with Gasteiger partial charge >= 0.3 is 5.97 Å². The number of carbonyl (C=O) groups is 2. The van der Waals surface area contributed by atoms with Crippen molar-refractivity contribution < 1.29 is 22.7 Å². The van der Waals surface area contributed by atoms with Crippen molar-refractivity contribution in [3.05, 3.63) is 95.6 Å². The van der Waals surface area contributed by atoms with Crippen LogP contribution in [0, 0.1) is 0 Å². The Kier molecular flexibility index (Phi) is 7.51. The third-order valence-corrected chi connectivity index (χ3v) is 7.86. The number of ether oxygens (including phenoxy) is 1. The molecule has 8 heteroatoms. The number of fused-ring (bicyclic) bond motifs is 1. The molecule has 182 valence electrons. The van der Waals surface area contributed by atoms with Crippen LogP contribution in [-0.4, -0.2) is 45.4 Å². The van der Waals surface area contributed by atoms with Crippen molar-refractivity contribution in [2.75, 3.05) is 24.5 Å². The Morgan fingerprint density at radius 2 is 1.71 bits per heavy atom. The highest BCUT2D eigenvalue weighted by molar-refractivity contribution is 7.92. The van der Waals surface area contributed by atoms with Crippen LogP contribution in [-0.2, 0) is 32.5 Å². The fourth-order valence-electron chi connectivity index (χ4n) is 4.23. The second kappa shape index (κ2) is 10.7. The molecule has 1 heterocycles. The number of benzene rings is 3. The van der Waals surface area contributed by atoms with E-state index in [-0.39, 0.29) is 35.9 Å². The fourth-order valence-corrected chi connectivity index (χ4v) is 5.82. The molecule has 7 nitrogen and oxygen atoms in total. The Morgan fingerprint density at radius 1 is 0.971 bits per heavy atom. The lowest BCUT2D eigenvalue weighted by molar-refractivity contribution is -0.140. The van der Waals surface area contributed by atoms with E-state index in [1.165, 1.54) is 28.4 Å². The molecule has 0 aromatic heterocycles. The van der Waals surface area contributed by atoms with Crippen molar-refractivity contribution in [2.45, 2.75) is 30.7 Å². The maximum Gasteiger partial charge on any atom is 0.307 e. The number of aryl methyl sites for hydroxylation is 1. The summed E-state index contributed by atoms with van der Waals surface area (Å²) in [6.45, 7) is 0.820. The van der Waals surface area contributed by atoms with Gasteiger partial charge in [-0.1, -0.05) is 54.6 Å². The third kappa shape index (κ3) is 5.54. The molecule has 0 saturated carbocycles. The molecular formula is C27H28N2O5S. The number of para-hydroxylation sites is 1. The number of esters is 1. The summed E-state index contributed by atoms with van der Waals surface area (Å²) < 4.78 is 33.3. The highest BCUT2D eigenvalue weighted by Crippen LogP contribution is 2.32. The van der Waals surface area contributed by atoms with Crippen LogP contribution in [0.5, 0.6) is 0 Å². The van der Waals surface area contributed by atoms with Gasteiger partial charge in [-0.15, -0.1) is 0 Å². The van der Waals surface area contributed by atoms with E-state index in [4.69, 9.17) is 4.74 Å². The van der Waals surface area contributed by atoms with Gasteiger partial charge in [0, 0.05) is 25.2 Å². The number of nitrogens with zero attached hydrogens (tertiary/aromatic N) is 2. The van der Waals surface area contributed by atoms with Gasteiger partial charge in [0.05, 0.1) is 24.1 Å². The Hall–Kier alpha value is -3.65. The molecule has 0 N–H and O–H groups in total. The summed E-state index contributed by atoms with van der Waals surface area (Å²) in [6.07, 6.45) is 1.60. The molecule has 0 spiro atoms. The monoisotopic (exact) mass is 492 g/mol. The van der Waals surface area contributed by atoms with Gasteiger partial charge in [-0.2, -0.15) is 0 Å². The smallest absolute Gasteiger partial charge is 0.307 e. The van der Waals surface area contributed by atoms with Crippen molar-refractivity contribution in [3.63, 3.8) is 0 Å². The molecule has 0 atom stereocenters. The predicted molar refractivity (Wildman–Crippen MR) is 134 cm³/mol. The summed E-state index contributed by atoms with van der Waals surface area (Å²) in [5.41, 5.74) is 2.82. The first-order valence-electron chi connectivity index (χ1n) is 11.5. The summed E-state index contributed by atoms with van der Waals surface area (Å²) >= 11 is 0. The lowest BCUT2D eigenvalue weighted by Gasteiger charge is -2.30. The van der Waals surface area contributed by atoms with Crippen molar-refractivity contribution in [1.29, 1.82) is 0 Å². The molecule has 35 heavy (non-hydrogen) atoms. The molecule has 1 aliphatic rings. The first kappa shape index (κ1) is 24.5. The molecular weight excluding hydrogens is 464 g/mol. The van der Waals surface area contributed by atoms with Gasteiger partial charge in [-0.05, 0) is 48.2 Å².